The highest BCUT2D eigenvalue weighted by molar-refractivity contribution is 6.31. The first kappa shape index (κ1) is 20.0. The highest BCUT2D eigenvalue weighted by atomic mass is 35.5. The number of carbonyl (C=O) groups excluding carboxylic acids is 1. The lowest BCUT2D eigenvalue weighted by molar-refractivity contribution is 0.0602. The molecule has 2 aromatic carbocycles. The highest BCUT2D eigenvalue weighted by Crippen LogP contribution is 2.31. The molecule has 0 aliphatic carbocycles. The van der Waals surface area contributed by atoms with Crippen LogP contribution in [0.3, 0.4) is 0 Å². The molecule has 0 saturated carbocycles. The van der Waals surface area contributed by atoms with Gasteiger partial charge in [0.1, 0.15) is 5.82 Å². The maximum Gasteiger partial charge on any atom is 0.339 e. The summed E-state index contributed by atoms with van der Waals surface area (Å²) in [5.74, 6) is 0.309. The Bertz CT molecular complexity index is 1020. The number of nitrogens with zero attached hydrogens (tertiary/aromatic N) is 2. The zero-order valence-electron chi connectivity index (χ0n) is 16.7. The van der Waals surface area contributed by atoms with Crippen LogP contribution in [0.25, 0.3) is 5.69 Å². The van der Waals surface area contributed by atoms with Gasteiger partial charge in [0, 0.05) is 16.5 Å². The number of para-hydroxylation sites is 1. The van der Waals surface area contributed by atoms with E-state index in [9.17, 15) is 4.79 Å². The molecule has 0 atom stereocenters. The maximum absolute atomic E-state index is 12.2. The molecule has 1 heterocycles. The van der Waals surface area contributed by atoms with Crippen LogP contribution in [0, 0.1) is 6.92 Å². The summed E-state index contributed by atoms with van der Waals surface area (Å²) in [6.45, 7) is 8.37. The number of halogens is 1. The van der Waals surface area contributed by atoms with Gasteiger partial charge in [-0.2, -0.15) is 5.10 Å². The molecule has 0 radical (unpaired) electrons. The van der Waals surface area contributed by atoms with Crippen molar-refractivity contribution in [3.63, 3.8) is 0 Å². The van der Waals surface area contributed by atoms with E-state index in [4.69, 9.17) is 21.4 Å². The van der Waals surface area contributed by atoms with Gasteiger partial charge < -0.3 is 10.1 Å². The van der Waals surface area contributed by atoms with Crippen LogP contribution in [0.4, 0.5) is 11.5 Å². The Morgan fingerprint density at radius 2 is 1.86 bits per heavy atom. The fourth-order valence-electron chi connectivity index (χ4n) is 2.87. The molecule has 0 spiro atoms. The van der Waals surface area contributed by atoms with Crippen molar-refractivity contribution in [2.24, 2.45) is 0 Å². The molecule has 0 aliphatic heterocycles. The first-order valence-corrected chi connectivity index (χ1v) is 9.40. The molecule has 5 nitrogen and oxygen atoms in total. The topological polar surface area (TPSA) is 56.1 Å². The Labute approximate surface area is 170 Å². The minimum Gasteiger partial charge on any atom is -0.465 e. The van der Waals surface area contributed by atoms with Crippen molar-refractivity contribution in [2.75, 3.05) is 12.4 Å². The quantitative estimate of drug-likeness (QED) is 0.577. The summed E-state index contributed by atoms with van der Waals surface area (Å²) in [7, 11) is 1.36. The molecule has 146 valence electrons. The van der Waals surface area contributed by atoms with E-state index >= 15 is 0 Å². The van der Waals surface area contributed by atoms with Gasteiger partial charge in [-0.25, -0.2) is 9.48 Å². The lowest BCUT2D eigenvalue weighted by Gasteiger charge is -2.14. The van der Waals surface area contributed by atoms with Gasteiger partial charge in [0.25, 0.3) is 0 Å². The number of rotatable bonds is 4. The minimum atomic E-state index is -0.433. The van der Waals surface area contributed by atoms with Crippen LogP contribution in [0.1, 0.15) is 42.4 Å². The van der Waals surface area contributed by atoms with Crippen LogP contribution in [-0.2, 0) is 10.2 Å². The van der Waals surface area contributed by atoms with Gasteiger partial charge in [-0.1, -0.05) is 50.6 Å². The molecule has 0 bridgehead atoms. The molecule has 0 saturated heterocycles. The summed E-state index contributed by atoms with van der Waals surface area (Å²) >= 11 is 6.18. The van der Waals surface area contributed by atoms with Crippen molar-refractivity contribution >= 4 is 29.1 Å². The molecular formula is C22H24ClN3O2. The van der Waals surface area contributed by atoms with E-state index in [2.05, 4.69) is 26.1 Å². The summed E-state index contributed by atoms with van der Waals surface area (Å²) in [6, 6.07) is 15.0. The van der Waals surface area contributed by atoms with Crippen molar-refractivity contribution in [3.05, 3.63) is 70.4 Å². The lowest BCUT2D eigenvalue weighted by Crippen LogP contribution is -2.13. The van der Waals surface area contributed by atoms with Crippen LogP contribution in [-0.4, -0.2) is 22.9 Å². The molecule has 28 heavy (non-hydrogen) atoms. The van der Waals surface area contributed by atoms with Crippen LogP contribution in [0.15, 0.2) is 48.5 Å². The van der Waals surface area contributed by atoms with Crippen LogP contribution < -0.4 is 5.32 Å². The largest absolute Gasteiger partial charge is 0.465 e. The molecule has 3 aromatic rings. The summed E-state index contributed by atoms with van der Waals surface area (Å²) in [6.07, 6.45) is 0. The number of aromatic nitrogens is 2. The average molecular weight is 398 g/mol. The second-order valence-corrected chi connectivity index (χ2v) is 8.11. The van der Waals surface area contributed by atoms with Crippen LogP contribution >= 0.6 is 11.6 Å². The number of nitrogens with one attached hydrogen (secondary N) is 1. The standard InChI is InChI=1S/C22H24ClN3O2/c1-14-8-6-7-9-18(14)26-20(13-19(25-26)22(2,3)4)24-17-12-15(23)10-11-16(17)21(27)28-5/h6-13,24H,1-5H3. The Balaban J connectivity index is 2.15. The van der Waals surface area contributed by atoms with E-state index in [1.54, 1.807) is 18.2 Å². The van der Waals surface area contributed by atoms with Crippen LogP contribution in [0.2, 0.25) is 5.02 Å². The third-order valence-electron chi connectivity index (χ3n) is 4.47. The molecule has 0 amide bonds. The monoisotopic (exact) mass is 397 g/mol. The van der Waals surface area contributed by atoms with Crippen molar-refractivity contribution < 1.29 is 9.53 Å². The van der Waals surface area contributed by atoms with Gasteiger partial charge in [0.2, 0.25) is 0 Å². The number of esters is 1. The normalized spacial score (nSPS) is 11.4. The van der Waals surface area contributed by atoms with Gasteiger partial charge in [0.15, 0.2) is 0 Å². The number of ether oxygens (including phenoxy) is 1. The average Bonchev–Trinajstić information content (AvgIpc) is 3.05. The number of hydrogen-bond acceptors (Lipinski definition) is 4. The minimum absolute atomic E-state index is 0.135. The molecule has 0 fully saturated rings. The molecule has 6 heteroatoms. The second-order valence-electron chi connectivity index (χ2n) is 7.67. The van der Waals surface area contributed by atoms with E-state index in [1.807, 2.05) is 41.9 Å². The Morgan fingerprint density at radius 1 is 1.14 bits per heavy atom. The zero-order chi connectivity index (χ0) is 20.5. The van der Waals surface area contributed by atoms with Crippen molar-refractivity contribution in [2.45, 2.75) is 33.1 Å². The van der Waals surface area contributed by atoms with Crippen molar-refractivity contribution in [1.82, 2.24) is 9.78 Å². The van der Waals surface area contributed by atoms with Gasteiger partial charge in [-0.3, -0.25) is 0 Å². The molecule has 0 unspecified atom stereocenters. The first-order valence-electron chi connectivity index (χ1n) is 9.02. The molecule has 3 rings (SSSR count). The predicted molar refractivity (Wildman–Crippen MR) is 113 cm³/mol. The Hall–Kier alpha value is -2.79. The van der Waals surface area contributed by atoms with E-state index in [0.29, 0.717) is 16.3 Å². The number of hydrogen-bond donors (Lipinski definition) is 1. The maximum atomic E-state index is 12.2. The van der Waals surface area contributed by atoms with E-state index < -0.39 is 5.97 Å². The molecular weight excluding hydrogens is 374 g/mol. The number of carbonyl (C=O) groups is 1. The summed E-state index contributed by atoms with van der Waals surface area (Å²) < 4.78 is 6.76. The number of aryl methyl sites for hydroxylation is 1. The summed E-state index contributed by atoms with van der Waals surface area (Å²) in [5, 5.41) is 8.68. The SMILES string of the molecule is COC(=O)c1ccc(Cl)cc1Nc1cc(C(C)(C)C)nn1-c1ccccc1C. The third kappa shape index (κ3) is 4.04. The van der Waals surface area contributed by atoms with Crippen molar-refractivity contribution in [1.29, 1.82) is 0 Å². The van der Waals surface area contributed by atoms with Gasteiger partial charge in [-0.15, -0.1) is 0 Å². The summed E-state index contributed by atoms with van der Waals surface area (Å²) in [4.78, 5) is 12.2. The van der Waals surface area contributed by atoms with Gasteiger partial charge in [0.05, 0.1) is 29.7 Å². The predicted octanol–water partition coefficient (Wildman–Crippen LogP) is 5.66. The van der Waals surface area contributed by atoms with E-state index in [1.165, 1.54) is 7.11 Å². The Morgan fingerprint density at radius 3 is 2.50 bits per heavy atom. The van der Waals surface area contributed by atoms with Gasteiger partial charge in [-0.05, 0) is 36.8 Å². The fraction of sp³-hybridized carbons (Fsp3) is 0.273. The Kier molecular flexibility index (Phi) is 5.47. The lowest BCUT2D eigenvalue weighted by atomic mass is 9.92. The smallest absolute Gasteiger partial charge is 0.339 e. The highest BCUT2D eigenvalue weighted by Gasteiger charge is 2.22. The third-order valence-corrected chi connectivity index (χ3v) is 4.71. The first-order chi connectivity index (χ1) is 13.2. The van der Waals surface area contributed by atoms with Gasteiger partial charge >= 0.3 is 5.97 Å². The number of anilines is 2. The number of methoxy groups -OCH3 is 1. The zero-order valence-corrected chi connectivity index (χ0v) is 17.5. The molecule has 1 aromatic heterocycles. The summed E-state index contributed by atoms with van der Waals surface area (Å²) in [5.41, 5.74) is 3.82. The fourth-order valence-corrected chi connectivity index (χ4v) is 3.04. The van der Waals surface area contributed by atoms with E-state index in [-0.39, 0.29) is 5.41 Å². The van der Waals surface area contributed by atoms with Crippen LogP contribution in [0.5, 0.6) is 0 Å². The number of benzene rings is 2. The molecule has 1 N–H and O–H groups in total. The van der Waals surface area contributed by atoms with Crippen molar-refractivity contribution in [3.8, 4) is 5.69 Å². The second kappa shape index (κ2) is 7.68. The van der Waals surface area contributed by atoms with E-state index in [0.717, 1.165) is 22.8 Å². The molecule has 0 aliphatic rings.